The molecule has 0 aliphatic rings. The lowest BCUT2D eigenvalue weighted by Gasteiger charge is -2.21. The molecule has 2 aromatic carbocycles. The van der Waals surface area contributed by atoms with E-state index in [0.29, 0.717) is 5.75 Å². The summed E-state index contributed by atoms with van der Waals surface area (Å²) in [6.07, 6.45) is 0. The minimum atomic E-state index is -0.290. The zero-order valence-corrected chi connectivity index (χ0v) is 11.6. The number of hydrogen-bond acceptors (Lipinski definition) is 4. The number of anilines is 1. The Morgan fingerprint density at radius 2 is 1.70 bits per heavy atom. The number of carbonyl (C=O) groups is 1. The Morgan fingerprint density at radius 1 is 1.05 bits per heavy atom. The Kier molecular flexibility index (Phi) is 4.60. The minimum Gasteiger partial charge on any atom is -0.468 e. The van der Waals surface area contributed by atoms with E-state index in [4.69, 9.17) is 4.74 Å². The average molecular weight is 271 g/mol. The lowest BCUT2D eigenvalue weighted by Crippen LogP contribution is -2.26. The molecule has 0 fully saturated rings. The van der Waals surface area contributed by atoms with Gasteiger partial charge in [0.05, 0.1) is 12.8 Å². The molecule has 0 atom stereocenters. The topological polar surface area (TPSA) is 38.8 Å². The van der Waals surface area contributed by atoms with Crippen molar-refractivity contribution in [1.82, 2.24) is 0 Å². The van der Waals surface area contributed by atoms with Crippen LogP contribution in [0, 0.1) is 0 Å². The van der Waals surface area contributed by atoms with Crippen molar-refractivity contribution in [2.24, 2.45) is 0 Å². The van der Waals surface area contributed by atoms with Gasteiger partial charge in [0.1, 0.15) is 12.3 Å². The molecule has 20 heavy (non-hydrogen) atoms. The number of hydrogen-bond donors (Lipinski definition) is 0. The van der Waals surface area contributed by atoms with E-state index in [9.17, 15) is 4.79 Å². The molecule has 2 aromatic rings. The minimum absolute atomic E-state index is 0.172. The normalized spacial score (nSPS) is 9.90. The van der Waals surface area contributed by atoms with Crippen LogP contribution in [0.5, 0.6) is 11.5 Å². The smallest absolute Gasteiger partial charge is 0.325 e. The van der Waals surface area contributed by atoms with Crippen molar-refractivity contribution in [3.63, 3.8) is 0 Å². The van der Waals surface area contributed by atoms with Crippen molar-refractivity contribution < 1.29 is 14.3 Å². The molecular formula is C16H17NO3. The van der Waals surface area contributed by atoms with Crippen LogP contribution in [0.4, 0.5) is 5.69 Å². The molecule has 4 nitrogen and oxygen atoms in total. The summed E-state index contributed by atoms with van der Waals surface area (Å²) in [5, 5.41) is 0. The maximum Gasteiger partial charge on any atom is 0.325 e. The van der Waals surface area contributed by atoms with E-state index in [0.717, 1.165) is 11.4 Å². The molecular weight excluding hydrogens is 254 g/mol. The van der Waals surface area contributed by atoms with Gasteiger partial charge in [-0.2, -0.15) is 0 Å². The fraction of sp³-hybridized carbons (Fsp3) is 0.188. The van der Waals surface area contributed by atoms with Crippen LogP contribution >= 0.6 is 0 Å². The average Bonchev–Trinajstić information content (AvgIpc) is 2.48. The highest BCUT2D eigenvalue weighted by atomic mass is 16.5. The Bertz CT molecular complexity index is 569. The summed E-state index contributed by atoms with van der Waals surface area (Å²) in [6, 6.07) is 17.1. The van der Waals surface area contributed by atoms with Gasteiger partial charge in [-0.05, 0) is 24.3 Å². The molecule has 0 aliphatic heterocycles. The molecule has 0 aromatic heterocycles. The summed E-state index contributed by atoms with van der Waals surface area (Å²) in [5.41, 5.74) is 0.835. The summed E-state index contributed by atoms with van der Waals surface area (Å²) >= 11 is 0. The van der Waals surface area contributed by atoms with Gasteiger partial charge >= 0.3 is 5.97 Å². The van der Waals surface area contributed by atoms with Gasteiger partial charge in [-0.3, -0.25) is 4.79 Å². The fourth-order valence-electron chi connectivity index (χ4n) is 1.82. The summed E-state index contributed by atoms with van der Waals surface area (Å²) in [4.78, 5) is 13.2. The first-order valence-corrected chi connectivity index (χ1v) is 6.30. The molecule has 4 heteroatoms. The third-order valence-electron chi connectivity index (χ3n) is 2.84. The molecule has 0 saturated heterocycles. The second kappa shape index (κ2) is 6.61. The summed E-state index contributed by atoms with van der Waals surface area (Å²) in [5.74, 6) is 1.17. The van der Waals surface area contributed by atoms with Crippen LogP contribution in [0.25, 0.3) is 0 Å². The Morgan fingerprint density at radius 3 is 2.40 bits per heavy atom. The first-order chi connectivity index (χ1) is 9.70. The van der Waals surface area contributed by atoms with E-state index in [2.05, 4.69) is 4.74 Å². The molecule has 0 amide bonds. The molecule has 2 rings (SSSR count). The third kappa shape index (κ3) is 3.51. The quantitative estimate of drug-likeness (QED) is 0.783. The molecule has 0 radical (unpaired) electrons. The molecule has 0 saturated carbocycles. The van der Waals surface area contributed by atoms with Crippen molar-refractivity contribution in [2.75, 3.05) is 25.6 Å². The molecule has 0 bridgehead atoms. The second-order valence-corrected chi connectivity index (χ2v) is 4.32. The van der Waals surface area contributed by atoms with Gasteiger partial charge in [-0.15, -0.1) is 0 Å². The highest BCUT2D eigenvalue weighted by Gasteiger charge is 2.12. The standard InChI is InChI=1S/C16H17NO3/c1-17(12-16(18)19-2)14-10-6-7-11-15(14)20-13-8-4-3-5-9-13/h3-11H,12H2,1-2H3. The van der Waals surface area contributed by atoms with Crippen LogP contribution in [0.1, 0.15) is 0 Å². The monoisotopic (exact) mass is 271 g/mol. The fourth-order valence-corrected chi connectivity index (χ4v) is 1.82. The number of para-hydroxylation sites is 3. The molecule has 104 valence electrons. The van der Waals surface area contributed by atoms with Gasteiger partial charge in [0.25, 0.3) is 0 Å². The van der Waals surface area contributed by atoms with Crippen LogP contribution in [0.3, 0.4) is 0 Å². The Balaban J connectivity index is 2.20. The number of likely N-dealkylation sites (N-methyl/N-ethyl adjacent to an activating group) is 1. The third-order valence-corrected chi connectivity index (χ3v) is 2.84. The number of ether oxygens (including phenoxy) is 2. The van der Waals surface area contributed by atoms with E-state index in [1.54, 1.807) is 4.90 Å². The largest absolute Gasteiger partial charge is 0.468 e. The molecule has 0 unspecified atom stereocenters. The van der Waals surface area contributed by atoms with Crippen molar-refractivity contribution in [3.05, 3.63) is 54.6 Å². The van der Waals surface area contributed by atoms with Gasteiger partial charge < -0.3 is 14.4 Å². The molecule has 0 heterocycles. The van der Waals surface area contributed by atoms with Crippen molar-refractivity contribution in [1.29, 1.82) is 0 Å². The zero-order chi connectivity index (χ0) is 14.4. The Labute approximate surface area is 118 Å². The van der Waals surface area contributed by atoms with Crippen molar-refractivity contribution >= 4 is 11.7 Å². The van der Waals surface area contributed by atoms with Gasteiger partial charge in [-0.1, -0.05) is 30.3 Å². The predicted molar refractivity (Wildman–Crippen MR) is 78.2 cm³/mol. The van der Waals surface area contributed by atoms with Crippen LogP contribution in [-0.4, -0.2) is 26.7 Å². The van der Waals surface area contributed by atoms with E-state index >= 15 is 0 Å². The number of benzene rings is 2. The SMILES string of the molecule is COC(=O)CN(C)c1ccccc1Oc1ccccc1. The molecule has 0 spiro atoms. The van der Waals surface area contributed by atoms with Crippen LogP contribution in [0.2, 0.25) is 0 Å². The van der Waals surface area contributed by atoms with Crippen LogP contribution in [-0.2, 0) is 9.53 Å². The summed E-state index contributed by atoms with van der Waals surface area (Å²) in [7, 11) is 3.20. The van der Waals surface area contributed by atoms with E-state index in [1.165, 1.54) is 7.11 Å². The zero-order valence-electron chi connectivity index (χ0n) is 11.6. The molecule has 0 N–H and O–H groups in total. The highest BCUT2D eigenvalue weighted by molar-refractivity contribution is 5.76. The maximum atomic E-state index is 11.4. The van der Waals surface area contributed by atoms with Crippen LogP contribution < -0.4 is 9.64 Å². The number of esters is 1. The predicted octanol–water partition coefficient (Wildman–Crippen LogP) is 3.09. The molecule has 0 aliphatic carbocycles. The second-order valence-electron chi connectivity index (χ2n) is 4.32. The first-order valence-electron chi connectivity index (χ1n) is 6.30. The van der Waals surface area contributed by atoms with Gasteiger partial charge in [0.15, 0.2) is 5.75 Å². The van der Waals surface area contributed by atoms with Gasteiger partial charge in [0, 0.05) is 7.05 Å². The van der Waals surface area contributed by atoms with E-state index in [1.807, 2.05) is 61.6 Å². The number of nitrogens with zero attached hydrogens (tertiary/aromatic N) is 1. The lowest BCUT2D eigenvalue weighted by molar-refractivity contribution is -0.138. The van der Waals surface area contributed by atoms with Gasteiger partial charge in [0.2, 0.25) is 0 Å². The van der Waals surface area contributed by atoms with Gasteiger partial charge in [-0.25, -0.2) is 0 Å². The van der Waals surface area contributed by atoms with Crippen molar-refractivity contribution in [2.45, 2.75) is 0 Å². The van der Waals surface area contributed by atoms with E-state index < -0.39 is 0 Å². The number of methoxy groups -OCH3 is 1. The van der Waals surface area contributed by atoms with Crippen LogP contribution in [0.15, 0.2) is 54.6 Å². The van der Waals surface area contributed by atoms with E-state index in [-0.39, 0.29) is 12.5 Å². The van der Waals surface area contributed by atoms with Crippen molar-refractivity contribution in [3.8, 4) is 11.5 Å². The highest BCUT2D eigenvalue weighted by Crippen LogP contribution is 2.31. The maximum absolute atomic E-state index is 11.4. The number of carbonyl (C=O) groups excluding carboxylic acids is 1. The number of rotatable bonds is 5. The Hall–Kier alpha value is -2.49. The lowest BCUT2D eigenvalue weighted by atomic mass is 10.2. The first kappa shape index (κ1) is 13.9. The summed E-state index contributed by atoms with van der Waals surface area (Å²) in [6.45, 7) is 0.172. The summed E-state index contributed by atoms with van der Waals surface area (Å²) < 4.78 is 10.5.